The van der Waals surface area contributed by atoms with E-state index < -0.39 is 8.32 Å². The lowest BCUT2D eigenvalue weighted by Gasteiger charge is -2.42. The van der Waals surface area contributed by atoms with Gasteiger partial charge in [0.2, 0.25) is 5.91 Å². The highest BCUT2D eigenvalue weighted by Crippen LogP contribution is 2.42. The fourth-order valence-corrected chi connectivity index (χ4v) is 10.7. The third-order valence-corrected chi connectivity index (χ3v) is 13.1. The van der Waals surface area contributed by atoms with Crippen LogP contribution in [-0.4, -0.2) is 38.1 Å². The fraction of sp³-hybridized carbons (Fsp3) is 0.833. The van der Waals surface area contributed by atoms with E-state index in [4.69, 9.17) is 4.43 Å². The maximum absolute atomic E-state index is 12.6. The molecular formula is C24H43NO3Si. The molecule has 0 radical (unpaired) electrons. The molecule has 0 aromatic carbocycles. The van der Waals surface area contributed by atoms with Gasteiger partial charge < -0.3 is 9.33 Å². The number of Topliss-reactive ketones (excluding diaryl/α,β-unsaturated/α-hetero) is 1. The Morgan fingerprint density at radius 3 is 2.28 bits per heavy atom. The summed E-state index contributed by atoms with van der Waals surface area (Å²) in [6.07, 6.45) is 9.20. The van der Waals surface area contributed by atoms with Crippen LogP contribution in [0.4, 0.5) is 0 Å². The molecule has 2 rings (SSSR count). The molecular weight excluding hydrogens is 378 g/mol. The van der Waals surface area contributed by atoms with E-state index in [0.29, 0.717) is 54.8 Å². The van der Waals surface area contributed by atoms with Gasteiger partial charge in [-0.25, -0.2) is 0 Å². The molecule has 2 aliphatic rings. The topological polar surface area (TPSA) is 46.6 Å². The van der Waals surface area contributed by atoms with Crippen LogP contribution in [0.15, 0.2) is 11.8 Å². The Morgan fingerprint density at radius 2 is 1.72 bits per heavy atom. The number of carbonyl (C=O) groups excluding carboxylic acids is 2. The van der Waals surface area contributed by atoms with Gasteiger partial charge in [-0.1, -0.05) is 60.5 Å². The molecule has 29 heavy (non-hydrogen) atoms. The average molecular weight is 422 g/mol. The molecule has 0 spiro atoms. The van der Waals surface area contributed by atoms with Crippen LogP contribution in [0.2, 0.25) is 16.6 Å². The van der Waals surface area contributed by atoms with E-state index in [1.54, 1.807) is 0 Å². The number of nitrogens with zero attached hydrogens (tertiary/aromatic N) is 1. The Bertz CT molecular complexity index is 571. The van der Waals surface area contributed by atoms with Gasteiger partial charge in [0.25, 0.3) is 0 Å². The molecule has 5 heteroatoms. The monoisotopic (exact) mass is 421 g/mol. The second kappa shape index (κ2) is 10.9. The first-order chi connectivity index (χ1) is 13.7. The Morgan fingerprint density at radius 1 is 1.10 bits per heavy atom. The van der Waals surface area contributed by atoms with Gasteiger partial charge in [-0.05, 0) is 41.8 Å². The van der Waals surface area contributed by atoms with Crippen LogP contribution in [0.25, 0.3) is 0 Å². The summed E-state index contributed by atoms with van der Waals surface area (Å²) >= 11 is 0. The predicted molar refractivity (Wildman–Crippen MR) is 122 cm³/mol. The second-order valence-corrected chi connectivity index (χ2v) is 15.4. The van der Waals surface area contributed by atoms with Crippen LogP contribution in [0.1, 0.15) is 92.9 Å². The van der Waals surface area contributed by atoms with Crippen LogP contribution >= 0.6 is 0 Å². The molecule has 2 fully saturated rings. The zero-order chi connectivity index (χ0) is 21.6. The molecule has 0 aromatic rings. The van der Waals surface area contributed by atoms with Crippen molar-refractivity contribution >= 4 is 20.0 Å². The van der Waals surface area contributed by atoms with Crippen LogP contribution in [0.5, 0.6) is 0 Å². The first-order valence-electron chi connectivity index (χ1n) is 11.8. The van der Waals surface area contributed by atoms with Crippen molar-refractivity contribution in [3.63, 3.8) is 0 Å². The van der Waals surface area contributed by atoms with Gasteiger partial charge in [0.15, 0.2) is 8.32 Å². The van der Waals surface area contributed by atoms with Crippen molar-refractivity contribution in [2.24, 2.45) is 5.92 Å². The van der Waals surface area contributed by atoms with Gasteiger partial charge in [-0.3, -0.25) is 9.59 Å². The van der Waals surface area contributed by atoms with Gasteiger partial charge in [0.1, 0.15) is 5.78 Å². The largest absolute Gasteiger partial charge is 0.414 e. The Labute approximate surface area is 179 Å². The molecule has 0 bridgehead atoms. The van der Waals surface area contributed by atoms with Gasteiger partial charge in [-0.15, -0.1) is 0 Å². The van der Waals surface area contributed by atoms with Gasteiger partial charge in [0.05, 0.1) is 6.61 Å². The zero-order valence-corrected chi connectivity index (χ0v) is 20.6. The maximum Gasteiger partial charge on any atom is 0.226 e. The van der Waals surface area contributed by atoms with E-state index in [1.807, 2.05) is 11.0 Å². The lowest BCUT2D eigenvalue weighted by molar-refractivity contribution is -0.131. The number of allylic oxidation sites excluding steroid dienone is 2. The summed E-state index contributed by atoms with van der Waals surface area (Å²) in [7, 11) is -1.92. The van der Waals surface area contributed by atoms with Crippen molar-refractivity contribution in [2.45, 2.75) is 110 Å². The van der Waals surface area contributed by atoms with E-state index in [9.17, 15) is 9.59 Å². The average Bonchev–Trinajstić information content (AvgIpc) is 3.46. The molecule has 1 amide bonds. The molecule has 0 N–H and O–H groups in total. The molecule has 1 aliphatic carbocycles. The molecule has 1 heterocycles. The number of ketones is 1. The number of hydrogen-bond donors (Lipinski definition) is 0. The molecule has 1 aliphatic heterocycles. The van der Waals surface area contributed by atoms with Crippen LogP contribution in [0.3, 0.4) is 0 Å². The van der Waals surface area contributed by atoms with E-state index >= 15 is 0 Å². The summed E-state index contributed by atoms with van der Waals surface area (Å²) in [5, 5.41) is 0. The summed E-state index contributed by atoms with van der Waals surface area (Å²) in [5.74, 6) is 1.29. The zero-order valence-electron chi connectivity index (χ0n) is 19.6. The van der Waals surface area contributed by atoms with Crippen LogP contribution in [-0.2, 0) is 14.0 Å². The Hall–Kier alpha value is -0.943. The molecule has 4 nitrogen and oxygen atoms in total. The summed E-state index contributed by atoms with van der Waals surface area (Å²) in [6, 6.07) is 0. The minimum Gasteiger partial charge on any atom is -0.414 e. The molecule has 1 saturated heterocycles. The van der Waals surface area contributed by atoms with Gasteiger partial charge in [0, 0.05) is 31.5 Å². The van der Waals surface area contributed by atoms with E-state index in [1.165, 1.54) is 12.8 Å². The first-order valence-corrected chi connectivity index (χ1v) is 14.0. The van der Waals surface area contributed by atoms with E-state index in [-0.39, 0.29) is 5.91 Å². The van der Waals surface area contributed by atoms with E-state index in [2.05, 4.69) is 41.5 Å². The lowest BCUT2D eigenvalue weighted by Crippen LogP contribution is -2.49. The van der Waals surface area contributed by atoms with Crippen molar-refractivity contribution in [1.82, 2.24) is 4.90 Å². The summed E-state index contributed by atoms with van der Waals surface area (Å²) in [6.45, 7) is 14.9. The van der Waals surface area contributed by atoms with Crippen molar-refractivity contribution in [2.75, 3.05) is 13.2 Å². The normalized spacial score (nSPS) is 19.8. The summed E-state index contributed by atoms with van der Waals surface area (Å²) in [5.41, 5.74) is 2.66. The standard InChI is InChI=1S/C24H43NO3Si/c1-18(2)29(19(3)4,20(5)6)28-17-16-25-22(8-7-9-24(25)27)13-15-23(26)14-12-21-10-11-21/h13,18-21H,7-12,14-17H2,1-6H3. The minimum atomic E-state index is -1.92. The van der Waals surface area contributed by atoms with Gasteiger partial charge in [-0.2, -0.15) is 0 Å². The smallest absolute Gasteiger partial charge is 0.226 e. The third-order valence-electron chi connectivity index (χ3n) is 6.94. The maximum atomic E-state index is 12.6. The van der Waals surface area contributed by atoms with Crippen LogP contribution in [0, 0.1) is 5.92 Å². The number of amides is 1. The molecule has 1 saturated carbocycles. The number of rotatable bonds is 12. The molecule has 0 unspecified atom stereocenters. The highest BCUT2D eigenvalue weighted by molar-refractivity contribution is 6.77. The number of hydrogen-bond acceptors (Lipinski definition) is 3. The van der Waals surface area contributed by atoms with Crippen molar-refractivity contribution in [3.8, 4) is 0 Å². The summed E-state index contributed by atoms with van der Waals surface area (Å²) in [4.78, 5) is 26.7. The van der Waals surface area contributed by atoms with Crippen molar-refractivity contribution in [3.05, 3.63) is 11.8 Å². The highest BCUT2D eigenvalue weighted by atomic mass is 28.4. The third kappa shape index (κ3) is 6.52. The molecule has 0 atom stereocenters. The van der Waals surface area contributed by atoms with E-state index in [0.717, 1.165) is 30.9 Å². The quantitative estimate of drug-likeness (QED) is 0.351. The molecule has 0 aromatic heterocycles. The van der Waals surface area contributed by atoms with Crippen molar-refractivity contribution < 1.29 is 14.0 Å². The summed E-state index contributed by atoms with van der Waals surface area (Å²) < 4.78 is 6.66. The SMILES string of the molecule is CC(C)[Si](OCCN1C(=O)CCCC1=CCC(=O)CCC1CC1)(C(C)C)C(C)C. The number of carbonyl (C=O) groups is 2. The predicted octanol–water partition coefficient (Wildman–Crippen LogP) is 6.22. The molecule has 166 valence electrons. The Balaban J connectivity index is 1.96. The van der Waals surface area contributed by atoms with Crippen LogP contribution < -0.4 is 0 Å². The lowest BCUT2D eigenvalue weighted by atomic mass is 10.0. The number of likely N-dealkylation sites (tertiary alicyclic amines) is 1. The number of piperidine rings is 1. The first kappa shape index (κ1) is 24.3. The van der Waals surface area contributed by atoms with Crippen molar-refractivity contribution in [1.29, 1.82) is 0 Å². The highest BCUT2D eigenvalue weighted by Gasteiger charge is 2.45. The Kier molecular flexibility index (Phi) is 9.14. The van der Waals surface area contributed by atoms with Gasteiger partial charge >= 0.3 is 0 Å². The fourth-order valence-electron chi connectivity index (χ4n) is 5.25. The second-order valence-electron chi connectivity index (χ2n) is 9.99. The minimum absolute atomic E-state index is 0.183.